The van der Waals surface area contributed by atoms with Gasteiger partial charge >= 0.3 is 17.9 Å². The minimum Gasteiger partial charge on any atom is -0.495 e. The van der Waals surface area contributed by atoms with Crippen molar-refractivity contribution in [3.63, 3.8) is 0 Å². The Labute approximate surface area is 607 Å². The van der Waals surface area contributed by atoms with E-state index in [9.17, 15) is 66.3 Å². The number of nitrogens with zero attached hydrogens (tertiary/aromatic N) is 1. The Hall–Kier alpha value is -7.85. The molecule has 103 heavy (non-hydrogen) atoms. The summed E-state index contributed by atoms with van der Waals surface area (Å²) in [4.78, 5) is 148. The predicted molar refractivity (Wildman–Crippen MR) is 375 cm³/mol. The minimum atomic E-state index is -4.36. The molecule has 2 aromatic carbocycles. The van der Waals surface area contributed by atoms with Gasteiger partial charge < -0.3 is 85.1 Å². The van der Waals surface area contributed by atoms with Crippen molar-refractivity contribution in [2.45, 2.75) is 168 Å². The molecule has 0 radical (unpaired) electrons. The van der Waals surface area contributed by atoms with Gasteiger partial charge in [-0.15, -0.1) is 0 Å². The monoisotopic (exact) mass is 1490 g/mol. The second-order valence-corrected chi connectivity index (χ2v) is 28.5. The SMILES string of the molecule is COCCOCCOCCOCCC(=O)NCCCC[C@H](NC(=O)[C@@H](NC(=O)CCN(CCC(=O)O)C(=O)CCC(=O)NCCS(=O)(=O)O)C(C)C)C(=O)NCc1ccc([C@H]2O[C@@H]2[C@@H](C)[C@@H]2C/C=C/C(=O)N[C@H](Cc3ccc(OC)c(Cl)c3)C(=O)NCC(C)(C)C(=O)O[C@@H](CC(C)C)C(=O)O2)cc1. The molecule has 2 aliphatic rings. The number of unbranched alkanes of at least 4 members (excludes halogenated alkanes) is 1. The zero-order valence-electron chi connectivity index (χ0n) is 60.3. The molecule has 9 N–H and O–H groups in total. The van der Waals surface area contributed by atoms with Gasteiger partial charge in [-0.25, -0.2) is 4.79 Å². The smallest absolute Gasteiger partial charge is 0.347 e. The van der Waals surface area contributed by atoms with E-state index in [1.807, 2.05) is 32.9 Å². The van der Waals surface area contributed by atoms with Crippen molar-refractivity contribution in [1.82, 2.24) is 42.1 Å². The number of amides is 8. The molecule has 33 heteroatoms. The number of hydrogen-bond acceptors (Lipinski definition) is 21. The fourth-order valence-electron chi connectivity index (χ4n) is 10.5. The summed E-state index contributed by atoms with van der Waals surface area (Å²) in [5, 5.41) is 28.6. The van der Waals surface area contributed by atoms with Crippen LogP contribution in [0.5, 0.6) is 5.75 Å². The molecule has 0 saturated carbocycles. The molecule has 2 heterocycles. The molecule has 0 aromatic heterocycles. The van der Waals surface area contributed by atoms with Crippen LogP contribution < -0.4 is 42.0 Å². The largest absolute Gasteiger partial charge is 0.495 e. The van der Waals surface area contributed by atoms with Crippen LogP contribution in [0.25, 0.3) is 0 Å². The van der Waals surface area contributed by atoms with Crippen molar-refractivity contribution in [3.05, 3.63) is 76.3 Å². The first-order valence-electron chi connectivity index (χ1n) is 34.6. The predicted octanol–water partition coefficient (Wildman–Crippen LogP) is 3.22. The van der Waals surface area contributed by atoms with Gasteiger partial charge in [0.25, 0.3) is 10.1 Å². The lowest BCUT2D eigenvalue weighted by Gasteiger charge is -2.29. The highest BCUT2D eigenvalue weighted by Gasteiger charge is 2.48. The van der Waals surface area contributed by atoms with Crippen LogP contribution in [-0.4, -0.2) is 224 Å². The first kappa shape index (κ1) is 87.6. The summed E-state index contributed by atoms with van der Waals surface area (Å²) in [7, 11) is -1.31. The number of halogens is 1. The third-order valence-corrected chi connectivity index (χ3v) is 17.7. The Balaban J connectivity index is 1.46. The van der Waals surface area contributed by atoms with Crippen LogP contribution >= 0.6 is 11.6 Å². The van der Waals surface area contributed by atoms with Gasteiger partial charge in [-0.05, 0) is 86.3 Å². The van der Waals surface area contributed by atoms with E-state index in [0.717, 1.165) is 10.5 Å². The van der Waals surface area contributed by atoms with E-state index in [0.29, 0.717) is 67.8 Å². The summed E-state index contributed by atoms with van der Waals surface area (Å²) in [6.07, 6.45) is -0.959. The number of carbonyl (C=O) groups is 11. The Kier molecular flexibility index (Phi) is 38.6. The molecule has 2 aromatic rings. The molecule has 4 rings (SSSR count). The molecule has 31 nitrogen and oxygen atoms in total. The van der Waals surface area contributed by atoms with Crippen LogP contribution in [0.3, 0.4) is 0 Å². The normalized spacial score (nSPS) is 19.1. The van der Waals surface area contributed by atoms with E-state index in [1.165, 1.54) is 19.3 Å². The molecule has 0 bridgehead atoms. The third-order valence-electron chi connectivity index (χ3n) is 16.6. The van der Waals surface area contributed by atoms with Gasteiger partial charge in [0.2, 0.25) is 47.3 Å². The summed E-state index contributed by atoms with van der Waals surface area (Å²) < 4.78 is 75.8. The molecular formula is C70H105ClN8O23S. The Morgan fingerprint density at radius 3 is 2.02 bits per heavy atom. The van der Waals surface area contributed by atoms with Gasteiger partial charge in [0.05, 0.1) is 82.1 Å². The van der Waals surface area contributed by atoms with Gasteiger partial charge in [-0.2, -0.15) is 8.42 Å². The number of esters is 2. The van der Waals surface area contributed by atoms with E-state index in [1.54, 1.807) is 65.1 Å². The standard InChI is InChI=1S/C70H105ClN8O23S/c1-44(2)39-55-68(90)100-53(14-12-15-58(82)76-52(41-48-18-21-54(96-9)50(71)40-48)66(88)75-43-70(6,7)69(91)101-55)46(5)63-64(102-63)49-19-16-47(17-20-49)42-74-65(87)51(13-10-11-27-72-57(81)26-31-97-34-35-99-37-36-98-33-32-95-8)77-67(89)62(45(3)4)78-59(83)24-29-79(30-25-61(85)86)60(84)23-22-56(80)73-28-38-103(92,93)94/h12,15-21,40,44-46,51-53,55,62-64H,10-11,13-14,22-39,41-43H2,1-9H3,(H,72,81)(H,73,80)(H,74,87)(H,75,88)(H,76,82)(H,77,89)(H,78,83)(H,85,86)(H,92,93,94)/b15-12+/t46-,51-,52+,53-,55-,62-,63+,64+/m0/s1. The maximum absolute atomic E-state index is 14.2. The molecule has 8 amide bonds. The maximum atomic E-state index is 14.2. The zero-order chi connectivity index (χ0) is 76.2. The molecule has 0 aliphatic carbocycles. The first-order chi connectivity index (χ1) is 48.8. The third kappa shape index (κ3) is 34.1. The van der Waals surface area contributed by atoms with Crippen LogP contribution in [0.2, 0.25) is 5.02 Å². The fraction of sp³-hybridized carbons (Fsp3) is 0.643. The van der Waals surface area contributed by atoms with E-state index < -0.39 is 167 Å². The van der Waals surface area contributed by atoms with Crippen LogP contribution in [0, 0.1) is 23.2 Å². The Bertz CT molecular complexity index is 3270. The second-order valence-electron chi connectivity index (χ2n) is 26.5. The van der Waals surface area contributed by atoms with E-state index in [-0.39, 0.29) is 89.9 Å². The van der Waals surface area contributed by atoms with Crippen LogP contribution in [0.15, 0.2) is 54.6 Å². The van der Waals surface area contributed by atoms with Gasteiger partial charge in [0.15, 0.2) is 6.10 Å². The number of benzene rings is 2. The number of nitrogens with one attached hydrogen (secondary N) is 7. The van der Waals surface area contributed by atoms with Gasteiger partial charge in [0.1, 0.15) is 36.1 Å². The second kappa shape index (κ2) is 45.4. The van der Waals surface area contributed by atoms with Crippen molar-refractivity contribution in [2.75, 3.05) is 98.9 Å². The number of carboxylic acids is 1. The number of rotatable bonds is 44. The van der Waals surface area contributed by atoms with Crippen LogP contribution in [-0.2, 0) is 109 Å². The average molecular weight is 1490 g/mol. The zero-order valence-corrected chi connectivity index (χ0v) is 61.9. The van der Waals surface area contributed by atoms with Gasteiger partial charge in [-0.1, -0.05) is 82.6 Å². The first-order valence-corrected chi connectivity index (χ1v) is 36.6. The highest BCUT2D eigenvalue weighted by molar-refractivity contribution is 7.85. The molecule has 2 aliphatic heterocycles. The Morgan fingerprint density at radius 1 is 0.748 bits per heavy atom. The molecular weight excluding hydrogens is 1390 g/mol. The number of cyclic esters (lactones) is 2. The maximum Gasteiger partial charge on any atom is 0.347 e. The lowest BCUT2D eigenvalue weighted by atomic mass is 9.92. The van der Waals surface area contributed by atoms with Crippen molar-refractivity contribution in [3.8, 4) is 5.75 Å². The summed E-state index contributed by atoms with van der Waals surface area (Å²) in [6, 6.07) is 8.71. The number of hydrogen-bond donors (Lipinski definition) is 9. The molecule has 1 fully saturated rings. The van der Waals surface area contributed by atoms with Crippen molar-refractivity contribution >= 4 is 86.9 Å². The summed E-state index contributed by atoms with van der Waals surface area (Å²) in [5.74, 6) is -9.07. The fourth-order valence-corrected chi connectivity index (χ4v) is 11.2. The van der Waals surface area contributed by atoms with Crippen molar-refractivity contribution in [2.24, 2.45) is 23.2 Å². The number of methoxy groups -OCH3 is 2. The lowest BCUT2D eigenvalue weighted by molar-refractivity contribution is -0.179. The number of aliphatic carboxylic acids is 1. The Morgan fingerprint density at radius 2 is 1.39 bits per heavy atom. The van der Waals surface area contributed by atoms with Crippen LogP contribution in [0.4, 0.5) is 0 Å². The number of epoxide rings is 1. The van der Waals surface area contributed by atoms with Gasteiger partial charge in [0, 0.05) is 90.8 Å². The summed E-state index contributed by atoms with van der Waals surface area (Å²) in [6.45, 7) is 13.5. The number of carbonyl (C=O) groups excluding carboxylic acids is 10. The topological polar surface area (TPSA) is 427 Å². The highest BCUT2D eigenvalue weighted by atomic mass is 35.5. The van der Waals surface area contributed by atoms with Crippen LogP contribution in [0.1, 0.15) is 135 Å². The summed E-state index contributed by atoms with van der Waals surface area (Å²) in [5.41, 5.74) is 0.707. The van der Waals surface area contributed by atoms with Crippen molar-refractivity contribution in [1.29, 1.82) is 0 Å². The van der Waals surface area contributed by atoms with Crippen molar-refractivity contribution < 1.29 is 109 Å². The number of carboxylic acid groups (broad SMARTS) is 1. The average Bonchev–Trinajstić information content (AvgIpc) is 1.63. The number of ether oxygens (including phenoxy) is 8. The highest BCUT2D eigenvalue weighted by Crippen LogP contribution is 2.45. The lowest BCUT2D eigenvalue weighted by Crippen LogP contribution is -2.55. The minimum absolute atomic E-state index is 0.00301. The molecule has 8 atom stereocenters. The van der Waals surface area contributed by atoms with E-state index in [4.69, 9.17) is 54.0 Å². The molecule has 0 spiro atoms. The van der Waals surface area contributed by atoms with Gasteiger partial charge in [-0.3, -0.25) is 52.5 Å². The molecule has 576 valence electrons. The quantitative estimate of drug-likeness (QED) is 0.0199. The van der Waals surface area contributed by atoms with E-state index in [2.05, 4.69) is 37.2 Å². The van der Waals surface area contributed by atoms with E-state index >= 15 is 0 Å². The summed E-state index contributed by atoms with van der Waals surface area (Å²) >= 11 is 6.41. The molecule has 0 unspecified atom stereocenters. The molecule has 1 saturated heterocycles.